The molecule has 1 aromatic carbocycles. The molecule has 2 atom stereocenters. The van der Waals surface area contributed by atoms with Crippen molar-refractivity contribution < 1.29 is 8.42 Å². The van der Waals surface area contributed by atoms with Crippen molar-refractivity contribution in [3.8, 4) is 0 Å². The van der Waals surface area contributed by atoms with E-state index in [-0.39, 0.29) is 14.9 Å². The van der Waals surface area contributed by atoms with Gasteiger partial charge in [-0.05, 0) is 30.4 Å². The lowest BCUT2D eigenvalue weighted by Crippen LogP contribution is -2.29. The van der Waals surface area contributed by atoms with Crippen molar-refractivity contribution in [1.82, 2.24) is 4.31 Å². The van der Waals surface area contributed by atoms with Crippen molar-refractivity contribution in [1.29, 1.82) is 0 Å². The Kier molecular flexibility index (Phi) is 4.39. The summed E-state index contributed by atoms with van der Waals surface area (Å²) >= 11 is 10.9. The van der Waals surface area contributed by atoms with Gasteiger partial charge in [0.15, 0.2) is 0 Å². The molecule has 20 heavy (non-hydrogen) atoms. The number of nitrogens with two attached hydrogens (primary N) is 1. The van der Waals surface area contributed by atoms with Gasteiger partial charge in [-0.25, -0.2) is 12.7 Å². The molecule has 1 saturated carbocycles. The zero-order valence-corrected chi connectivity index (χ0v) is 13.7. The average molecular weight is 333 g/mol. The smallest absolute Gasteiger partial charge is 0.244 e. The Hall–Kier alpha value is -0.690. The molecule has 1 aliphatic rings. The molecule has 0 bridgehead atoms. The van der Waals surface area contributed by atoms with Crippen LogP contribution in [0.4, 0.5) is 0 Å². The van der Waals surface area contributed by atoms with Gasteiger partial charge >= 0.3 is 0 Å². The summed E-state index contributed by atoms with van der Waals surface area (Å²) in [6.45, 7) is 2.63. The minimum Gasteiger partial charge on any atom is -0.389 e. The molecule has 0 spiro atoms. The van der Waals surface area contributed by atoms with Crippen LogP contribution in [-0.4, -0.2) is 31.3 Å². The summed E-state index contributed by atoms with van der Waals surface area (Å²) in [7, 11) is -2.04. The summed E-state index contributed by atoms with van der Waals surface area (Å²) in [4.78, 5) is 0.205. The van der Waals surface area contributed by atoms with Crippen molar-refractivity contribution in [3.63, 3.8) is 0 Å². The lowest BCUT2D eigenvalue weighted by atomic mass is 10.2. The second-order valence-electron chi connectivity index (χ2n) is 5.27. The van der Waals surface area contributed by atoms with Gasteiger partial charge in [-0.1, -0.05) is 36.8 Å². The fourth-order valence-corrected chi connectivity index (χ4v) is 3.95. The maximum absolute atomic E-state index is 12.6. The van der Waals surface area contributed by atoms with Crippen LogP contribution in [0, 0.1) is 11.8 Å². The average Bonchev–Trinajstić information content (AvgIpc) is 3.04. The van der Waals surface area contributed by atoms with Gasteiger partial charge in [-0.2, -0.15) is 0 Å². The molecule has 7 heteroatoms. The molecule has 1 aliphatic carbocycles. The van der Waals surface area contributed by atoms with Crippen LogP contribution < -0.4 is 5.73 Å². The first-order valence-corrected chi connectivity index (χ1v) is 8.51. The zero-order valence-electron chi connectivity index (χ0n) is 11.3. The van der Waals surface area contributed by atoms with E-state index in [1.54, 1.807) is 13.1 Å². The topological polar surface area (TPSA) is 63.4 Å². The highest BCUT2D eigenvalue weighted by Crippen LogP contribution is 2.39. The Labute approximate surface area is 130 Å². The molecule has 2 rings (SSSR count). The summed E-state index contributed by atoms with van der Waals surface area (Å²) in [6, 6.07) is 4.57. The first kappa shape index (κ1) is 15.7. The molecular formula is C13H17ClN2O2S2. The fourth-order valence-electron chi connectivity index (χ4n) is 2.10. The third kappa shape index (κ3) is 3.14. The van der Waals surface area contributed by atoms with Crippen LogP contribution >= 0.6 is 23.8 Å². The normalized spacial score (nSPS) is 22.0. The molecule has 2 N–H and O–H groups in total. The first-order valence-electron chi connectivity index (χ1n) is 6.29. The summed E-state index contributed by atoms with van der Waals surface area (Å²) in [6.07, 6.45) is 1.07. The highest BCUT2D eigenvalue weighted by molar-refractivity contribution is 7.89. The summed E-state index contributed by atoms with van der Waals surface area (Å²) in [5.74, 6) is 1.03. The van der Waals surface area contributed by atoms with E-state index in [4.69, 9.17) is 29.6 Å². The minimum absolute atomic E-state index is 0.0558. The van der Waals surface area contributed by atoms with E-state index in [0.29, 0.717) is 23.9 Å². The largest absolute Gasteiger partial charge is 0.389 e. The standard InChI is InChI=1S/C13H17ClN2O2S2/c1-8-5-10(8)7-16(2)20(17,18)12-6-9(13(15)19)3-4-11(12)14/h3-4,6,8,10H,5,7H2,1-2H3,(H2,15,19). The number of rotatable bonds is 5. The Balaban J connectivity index is 2.32. The molecule has 0 heterocycles. The molecule has 0 radical (unpaired) electrons. The number of hydrogen-bond donors (Lipinski definition) is 1. The molecule has 0 aliphatic heterocycles. The van der Waals surface area contributed by atoms with Crippen LogP contribution in [0.25, 0.3) is 0 Å². The van der Waals surface area contributed by atoms with Crippen molar-refractivity contribution in [2.24, 2.45) is 17.6 Å². The number of nitrogens with zero attached hydrogens (tertiary/aromatic N) is 1. The molecular weight excluding hydrogens is 316 g/mol. The Morgan fingerprint density at radius 1 is 1.55 bits per heavy atom. The molecule has 110 valence electrons. The van der Waals surface area contributed by atoms with Crippen LogP contribution in [0.2, 0.25) is 5.02 Å². The van der Waals surface area contributed by atoms with Gasteiger partial charge in [0, 0.05) is 19.2 Å². The SMILES string of the molecule is CC1CC1CN(C)S(=O)(=O)c1cc(C(N)=S)ccc1Cl. The molecule has 1 fully saturated rings. The van der Waals surface area contributed by atoms with Crippen molar-refractivity contribution >= 4 is 38.8 Å². The van der Waals surface area contributed by atoms with Crippen LogP contribution in [0.3, 0.4) is 0 Å². The van der Waals surface area contributed by atoms with Crippen LogP contribution in [0.1, 0.15) is 18.9 Å². The van der Waals surface area contributed by atoms with E-state index in [1.807, 2.05) is 0 Å². The van der Waals surface area contributed by atoms with Gasteiger partial charge in [0.05, 0.1) is 5.02 Å². The first-order chi connectivity index (χ1) is 9.23. The Morgan fingerprint density at radius 2 is 2.15 bits per heavy atom. The number of sulfonamides is 1. The second-order valence-corrected chi connectivity index (χ2v) is 8.13. The number of hydrogen-bond acceptors (Lipinski definition) is 3. The maximum Gasteiger partial charge on any atom is 0.244 e. The van der Waals surface area contributed by atoms with Crippen LogP contribution in [0.5, 0.6) is 0 Å². The van der Waals surface area contributed by atoms with Gasteiger partial charge < -0.3 is 5.73 Å². The molecule has 0 amide bonds. The van der Waals surface area contributed by atoms with E-state index >= 15 is 0 Å². The monoisotopic (exact) mass is 332 g/mol. The van der Waals surface area contributed by atoms with Gasteiger partial charge in [0.1, 0.15) is 9.88 Å². The lowest BCUT2D eigenvalue weighted by molar-refractivity contribution is 0.445. The summed E-state index contributed by atoms with van der Waals surface area (Å²) < 4.78 is 26.5. The highest BCUT2D eigenvalue weighted by Gasteiger charge is 2.36. The fraction of sp³-hybridized carbons (Fsp3) is 0.462. The van der Waals surface area contributed by atoms with Crippen LogP contribution in [0.15, 0.2) is 23.1 Å². The third-order valence-corrected chi connectivity index (χ3v) is 6.21. The maximum atomic E-state index is 12.6. The molecule has 0 saturated heterocycles. The van der Waals surface area contributed by atoms with Crippen molar-refractivity contribution in [2.45, 2.75) is 18.2 Å². The van der Waals surface area contributed by atoms with E-state index in [2.05, 4.69) is 6.92 Å². The van der Waals surface area contributed by atoms with Gasteiger partial charge in [0.25, 0.3) is 0 Å². The van der Waals surface area contributed by atoms with Gasteiger partial charge in [-0.3, -0.25) is 0 Å². The van der Waals surface area contributed by atoms with E-state index in [1.165, 1.54) is 16.4 Å². The lowest BCUT2D eigenvalue weighted by Gasteiger charge is -2.18. The molecule has 0 aromatic heterocycles. The predicted octanol–water partition coefficient (Wildman–Crippen LogP) is 2.25. The van der Waals surface area contributed by atoms with Crippen LogP contribution in [-0.2, 0) is 10.0 Å². The Bertz CT molecular complexity index is 646. The van der Waals surface area contributed by atoms with Crippen molar-refractivity contribution in [3.05, 3.63) is 28.8 Å². The highest BCUT2D eigenvalue weighted by atomic mass is 35.5. The van der Waals surface area contributed by atoms with E-state index < -0.39 is 10.0 Å². The zero-order chi connectivity index (χ0) is 15.1. The van der Waals surface area contributed by atoms with E-state index in [0.717, 1.165) is 6.42 Å². The second kappa shape index (κ2) is 5.60. The summed E-state index contributed by atoms with van der Waals surface area (Å²) in [5, 5.41) is 0.181. The number of benzene rings is 1. The van der Waals surface area contributed by atoms with Gasteiger partial charge in [0.2, 0.25) is 10.0 Å². The van der Waals surface area contributed by atoms with E-state index in [9.17, 15) is 8.42 Å². The predicted molar refractivity (Wildman–Crippen MR) is 84.4 cm³/mol. The number of halogens is 1. The molecule has 4 nitrogen and oxygen atoms in total. The third-order valence-electron chi connectivity index (χ3n) is 3.67. The minimum atomic E-state index is -3.62. The number of thiocarbonyl (C=S) groups is 1. The quantitative estimate of drug-likeness (QED) is 0.840. The van der Waals surface area contributed by atoms with Gasteiger partial charge in [-0.15, -0.1) is 0 Å². The molecule has 1 aromatic rings. The summed E-state index contributed by atoms with van der Waals surface area (Å²) in [5.41, 5.74) is 6.04. The Morgan fingerprint density at radius 3 is 2.65 bits per heavy atom. The molecule has 2 unspecified atom stereocenters. The van der Waals surface area contributed by atoms with Crippen molar-refractivity contribution in [2.75, 3.05) is 13.6 Å².